The molecule has 4 aliphatic heterocycles. The molecule has 9 N–H and O–H groups in total. The summed E-state index contributed by atoms with van der Waals surface area (Å²) in [5.74, 6) is -6.33. The number of phenols is 4. The Morgan fingerprint density at radius 3 is 2.51 bits per heavy atom. The van der Waals surface area contributed by atoms with Crippen LogP contribution in [0.3, 0.4) is 0 Å². The third-order valence-corrected chi connectivity index (χ3v) is 13.2. The Morgan fingerprint density at radius 2 is 1.84 bits per heavy atom. The molecule has 1 aromatic heterocycles. The number of hydrogen-bond acceptors (Lipinski definition) is 22. The number of β-lactam (4-membered cyclic amide) rings is 1. The minimum atomic E-state index is -4.25. The van der Waals surface area contributed by atoms with Crippen LogP contribution in [0.25, 0.3) is 0 Å². The molecule has 316 valence electrons. The molecule has 5 heterocycles. The number of carboxylic acids is 1. The van der Waals surface area contributed by atoms with Gasteiger partial charge in [0.2, 0.25) is 15.8 Å². The number of nitrogens with zero attached hydrogens (tertiary/aromatic N) is 6. The van der Waals surface area contributed by atoms with Crippen molar-refractivity contribution in [1.82, 2.24) is 30.8 Å². The number of allylic oxidation sites excluding steroid dienone is 1. The van der Waals surface area contributed by atoms with E-state index in [0.29, 0.717) is 22.1 Å². The minimum Gasteiger partial charge on any atom is -1.00 e. The number of ether oxygens (including phenoxy) is 1. The number of esters is 1. The van der Waals surface area contributed by atoms with Crippen LogP contribution in [0.15, 0.2) is 91.2 Å². The number of oxime groups is 1. The summed E-state index contributed by atoms with van der Waals surface area (Å²) in [5.41, 5.74) is 8.93. The summed E-state index contributed by atoms with van der Waals surface area (Å²) in [5, 5.41) is 59.1. The van der Waals surface area contributed by atoms with Gasteiger partial charge in [-0.3, -0.25) is 19.5 Å². The Morgan fingerprint density at radius 1 is 1.11 bits per heavy atom. The van der Waals surface area contributed by atoms with Crippen molar-refractivity contribution in [3.8, 4) is 23.0 Å². The number of aliphatic carboxylic acids is 1. The number of thioether (sulfide) groups is 2. The van der Waals surface area contributed by atoms with Crippen LogP contribution in [0, 0.1) is 0 Å². The van der Waals surface area contributed by atoms with Crippen LogP contribution in [0.1, 0.15) is 24.4 Å². The first-order valence-electron chi connectivity index (χ1n) is 17.0. The number of carbonyl (C=O) groups is 4. The van der Waals surface area contributed by atoms with Gasteiger partial charge in [-0.25, -0.2) is 33.0 Å². The second-order valence-corrected chi connectivity index (χ2v) is 17.7. The average molecular weight is 926 g/mol. The van der Waals surface area contributed by atoms with Crippen LogP contribution in [0.2, 0.25) is 0 Å². The van der Waals surface area contributed by atoms with Crippen molar-refractivity contribution in [2.75, 3.05) is 29.9 Å². The number of fused-ring (bicyclic) bond motifs is 2. The van der Waals surface area contributed by atoms with Crippen molar-refractivity contribution in [2.24, 2.45) is 10.1 Å². The molecule has 61 heavy (non-hydrogen) atoms. The Balaban J connectivity index is 0.00000363. The van der Waals surface area contributed by atoms with E-state index in [1.54, 1.807) is 24.2 Å². The van der Waals surface area contributed by atoms with Gasteiger partial charge in [0.25, 0.3) is 11.8 Å². The molecule has 27 heteroatoms. The van der Waals surface area contributed by atoms with Crippen molar-refractivity contribution < 1.29 is 93.7 Å². The summed E-state index contributed by atoms with van der Waals surface area (Å²) in [6, 6.07) is 5.10. The van der Waals surface area contributed by atoms with Gasteiger partial charge in [0, 0.05) is 28.7 Å². The number of carbonyl (C=O) groups excluding carboxylic acids is 3. The number of amides is 2. The molecule has 0 saturated carbocycles. The fraction of sp³-hybridized carbons (Fsp3) is 0.206. The first-order valence-corrected chi connectivity index (χ1v) is 21.6. The van der Waals surface area contributed by atoms with E-state index in [4.69, 9.17) is 15.3 Å². The smallest absolute Gasteiger partial charge is 1.00 e. The van der Waals surface area contributed by atoms with Crippen LogP contribution >= 0.6 is 34.9 Å². The minimum absolute atomic E-state index is 0. The SMILES string of the molecule is CC1=NC2=CN(COC(=O)c3ccc(O)c(O)c3)NN2C(SCC2=C(C(=O)O)N3C(=O)[C@@H](NC(=O)C(=NOCS(=O)(=O)c4ccc(O)c(O)c4)c4csc(N)n4)[C@H]3SC2)=C1.[H-].[Na+]. The summed E-state index contributed by atoms with van der Waals surface area (Å²) in [6.45, 7) is 1.48. The topological polar surface area (TPSA) is 319 Å². The average Bonchev–Trinajstić information content (AvgIpc) is 3.83. The molecule has 2 amide bonds. The number of nitrogens with two attached hydrogens (primary N) is 1. The maximum Gasteiger partial charge on any atom is 1.00 e. The molecule has 1 fully saturated rings. The number of hydrogen-bond donors (Lipinski definition) is 8. The molecule has 0 aliphatic carbocycles. The van der Waals surface area contributed by atoms with Gasteiger partial charge < -0.3 is 47.6 Å². The van der Waals surface area contributed by atoms with E-state index in [-0.39, 0.29) is 71.3 Å². The number of hydrazine groups is 2. The van der Waals surface area contributed by atoms with E-state index >= 15 is 0 Å². The quantitative estimate of drug-likeness (QED) is 0.0222. The number of aromatic hydroxyl groups is 4. The first kappa shape index (κ1) is 45.1. The zero-order chi connectivity index (χ0) is 43.0. The molecule has 0 unspecified atom stereocenters. The molecular weight excluding hydrogens is 894 g/mol. The van der Waals surface area contributed by atoms with E-state index in [9.17, 15) is 53.1 Å². The van der Waals surface area contributed by atoms with E-state index < -0.39 is 84.6 Å². The monoisotopic (exact) mass is 925 g/mol. The molecular formula is C34H32N9NaO13S4. The molecule has 2 aromatic carbocycles. The maximum absolute atomic E-state index is 13.5. The van der Waals surface area contributed by atoms with E-state index in [2.05, 4.69) is 26.0 Å². The number of anilines is 1. The zero-order valence-corrected chi connectivity index (χ0v) is 36.8. The molecule has 0 spiro atoms. The van der Waals surface area contributed by atoms with Gasteiger partial charge in [-0.1, -0.05) is 5.16 Å². The van der Waals surface area contributed by atoms with Gasteiger partial charge in [0.1, 0.15) is 22.8 Å². The van der Waals surface area contributed by atoms with Gasteiger partial charge in [-0.15, -0.1) is 40.4 Å². The number of nitrogens with one attached hydrogen (secondary N) is 2. The van der Waals surface area contributed by atoms with Crippen LogP contribution in [0.5, 0.6) is 23.0 Å². The van der Waals surface area contributed by atoms with Gasteiger partial charge in [0.15, 0.2) is 46.4 Å². The fourth-order valence-electron chi connectivity index (χ4n) is 5.83. The second kappa shape index (κ2) is 18.2. The van der Waals surface area contributed by atoms with Crippen molar-refractivity contribution >= 4 is 85.0 Å². The third-order valence-electron chi connectivity index (χ3n) is 8.70. The predicted molar refractivity (Wildman–Crippen MR) is 215 cm³/mol. The van der Waals surface area contributed by atoms with E-state index in [0.717, 1.165) is 46.6 Å². The van der Waals surface area contributed by atoms with Gasteiger partial charge in [0.05, 0.1) is 21.7 Å². The van der Waals surface area contributed by atoms with Crippen molar-refractivity contribution in [1.29, 1.82) is 0 Å². The summed E-state index contributed by atoms with van der Waals surface area (Å²) in [6.07, 6.45) is 3.32. The molecule has 0 bridgehead atoms. The molecule has 3 aromatic rings. The Kier molecular flexibility index (Phi) is 13.5. The van der Waals surface area contributed by atoms with Gasteiger partial charge in [-0.2, -0.15) is 0 Å². The van der Waals surface area contributed by atoms with E-state index in [1.807, 2.05) is 0 Å². The summed E-state index contributed by atoms with van der Waals surface area (Å²) in [7, 11) is -4.25. The van der Waals surface area contributed by atoms with Crippen LogP contribution in [-0.4, -0.2) is 125 Å². The Hall–Kier alpha value is -5.48. The predicted octanol–water partition coefficient (Wildman–Crippen LogP) is -1.75. The molecule has 1 saturated heterocycles. The number of thiazole rings is 1. The number of aliphatic imine (C=N–C) groups is 1. The zero-order valence-electron chi connectivity index (χ0n) is 32.6. The van der Waals surface area contributed by atoms with Crippen LogP contribution in [-0.2, 0) is 33.8 Å². The summed E-state index contributed by atoms with van der Waals surface area (Å²) in [4.78, 5) is 66.4. The summed E-state index contributed by atoms with van der Waals surface area (Å²) < 4.78 is 30.9. The number of aromatic nitrogens is 1. The number of phenolic OH excluding ortho intramolecular Hbond substituents is 4. The number of benzene rings is 2. The Labute approximate surface area is 380 Å². The summed E-state index contributed by atoms with van der Waals surface area (Å²) >= 11 is 3.40. The standard InChI is InChI=1S/C34H31N9O13S4.Na.H/c1-15-6-25(43-24(36-15)9-41(40-43)13-55-33(52)16-2-4-20(44)22(46)7-16)57-10-17-11-58-31-27(30(49)42(31)28(17)32(50)51)38-29(48)26(19-12-59-34(35)37-19)39-56-14-60(53,54)18-3-5-21(45)23(47)8-18;;/h2-9,12,27,31,40,44-47H,10-11,13-14H2,1H3,(H2,35,37)(H,38,48)(H,50,51);;/q;+1;-1/t27-,31-;;/m1../s1. The largest absolute Gasteiger partial charge is 1.00 e. The number of sulfone groups is 1. The molecule has 7 rings (SSSR count). The van der Waals surface area contributed by atoms with Gasteiger partial charge in [-0.05, 0) is 48.9 Å². The molecule has 0 radical (unpaired) electrons. The van der Waals surface area contributed by atoms with Crippen molar-refractivity contribution in [2.45, 2.75) is 23.2 Å². The van der Waals surface area contributed by atoms with Crippen molar-refractivity contribution in [3.05, 3.63) is 87.4 Å². The van der Waals surface area contributed by atoms with E-state index in [1.165, 1.54) is 40.0 Å². The van der Waals surface area contributed by atoms with Crippen molar-refractivity contribution in [3.63, 3.8) is 0 Å². The first-order chi connectivity index (χ1) is 28.5. The number of carboxylic acid groups (broad SMARTS) is 1. The third kappa shape index (κ3) is 9.55. The number of rotatable bonds is 14. The number of nitrogen functional groups attached to an aromatic ring is 1. The maximum atomic E-state index is 13.5. The van der Waals surface area contributed by atoms with Gasteiger partial charge >= 0.3 is 41.5 Å². The second-order valence-electron chi connectivity index (χ2n) is 12.8. The van der Waals surface area contributed by atoms with Crippen LogP contribution in [0.4, 0.5) is 5.13 Å². The molecule has 22 nitrogen and oxygen atoms in total. The Bertz CT molecular complexity index is 2610. The van der Waals surface area contributed by atoms with Crippen LogP contribution < -0.4 is 46.1 Å². The fourth-order valence-corrected chi connectivity index (χ4v) is 9.82. The normalized spacial score (nSPS) is 18.5. The molecule has 2 atom stereocenters. The molecule has 4 aliphatic rings.